The van der Waals surface area contributed by atoms with Crippen LogP contribution in [0, 0.1) is 0 Å². The monoisotopic (exact) mass is 984 g/mol. The summed E-state index contributed by atoms with van der Waals surface area (Å²) >= 11 is 0. The summed E-state index contributed by atoms with van der Waals surface area (Å²) in [5, 5.41) is 23.2. The van der Waals surface area contributed by atoms with Crippen molar-refractivity contribution in [3.63, 3.8) is 0 Å². The lowest BCUT2D eigenvalue weighted by atomic mass is 10.0. The molecule has 1 amide bonds. The second kappa shape index (κ2) is 59.6. The molecule has 0 aromatic carbocycles. The minimum absolute atomic E-state index is 0.00524. The minimum Gasteiger partial charge on any atom is -0.466 e. The number of nitrogens with one attached hydrogen (secondary N) is 1. The van der Waals surface area contributed by atoms with E-state index in [0.29, 0.717) is 19.4 Å². The van der Waals surface area contributed by atoms with Crippen molar-refractivity contribution in [2.75, 3.05) is 13.2 Å². The molecule has 6 heteroatoms. The van der Waals surface area contributed by atoms with E-state index in [4.69, 9.17) is 4.74 Å². The zero-order valence-corrected chi connectivity index (χ0v) is 47.0. The second-order valence-corrected chi connectivity index (χ2v) is 21.4. The van der Waals surface area contributed by atoms with Crippen LogP contribution in [0.5, 0.6) is 0 Å². The number of hydrogen-bond donors (Lipinski definition) is 3. The molecule has 0 aliphatic rings. The van der Waals surface area contributed by atoms with Crippen molar-refractivity contribution < 1.29 is 24.5 Å². The first-order chi connectivity index (χ1) is 34.5. The fraction of sp³-hybridized carbons (Fsp3) is 0.875. The average Bonchev–Trinajstić information content (AvgIpc) is 3.36. The quantitative estimate of drug-likeness (QED) is 0.0321. The third-order valence-electron chi connectivity index (χ3n) is 14.4. The molecule has 0 aromatic rings. The zero-order chi connectivity index (χ0) is 50.7. The molecule has 6 nitrogen and oxygen atoms in total. The van der Waals surface area contributed by atoms with Crippen LogP contribution in [0.15, 0.2) is 36.5 Å². The predicted molar refractivity (Wildman–Crippen MR) is 306 cm³/mol. The lowest BCUT2D eigenvalue weighted by Gasteiger charge is -2.20. The maximum atomic E-state index is 12.5. The van der Waals surface area contributed by atoms with Crippen molar-refractivity contribution in [2.45, 2.75) is 347 Å². The van der Waals surface area contributed by atoms with Gasteiger partial charge in [-0.15, -0.1) is 0 Å². The lowest BCUT2D eigenvalue weighted by Crippen LogP contribution is -2.45. The molecule has 0 aliphatic heterocycles. The van der Waals surface area contributed by atoms with Crippen molar-refractivity contribution in [1.29, 1.82) is 0 Å². The van der Waals surface area contributed by atoms with Crippen molar-refractivity contribution in [3.8, 4) is 0 Å². The SMILES string of the molecule is CCCCC/C=C\C/C=C\CCCCCCCCCC(=O)OCCCCCCCCCCCCCCCCCCC(=O)NC(CO)C(O)/C=C/CCCCCCCCCCCCCCCCCCCC. The number of esters is 1. The molecule has 0 fully saturated rings. The van der Waals surface area contributed by atoms with E-state index >= 15 is 0 Å². The van der Waals surface area contributed by atoms with Crippen molar-refractivity contribution in [1.82, 2.24) is 5.32 Å². The Kier molecular flexibility index (Phi) is 58.0. The van der Waals surface area contributed by atoms with Crippen molar-refractivity contribution in [2.24, 2.45) is 0 Å². The zero-order valence-electron chi connectivity index (χ0n) is 47.0. The maximum absolute atomic E-state index is 12.5. The number of hydrogen-bond acceptors (Lipinski definition) is 5. The number of aliphatic hydroxyl groups excluding tert-OH is 2. The van der Waals surface area contributed by atoms with Gasteiger partial charge in [0.2, 0.25) is 5.91 Å². The number of carbonyl (C=O) groups excluding carboxylic acids is 2. The molecular formula is C64H121NO5. The van der Waals surface area contributed by atoms with E-state index in [2.05, 4.69) is 43.5 Å². The Labute approximate surface area is 436 Å². The summed E-state index contributed by atoms with van der Waals surface area (Å²) < 4.78 is 5.48. The highest BCUT2D eigenvalue weighted by molar-refractivity contribution is 5.76. The van der Waals surface area contributed by atoms with E-state index in [1.165, 1.54) is 250 Å². The molecule has 412 valence electrons. The van der Waals surface area contributed by atoms with E-state index in [1.54, 1.807) is 6.08 Å². The Morgan fingerprint density at radius 2 is 0.714 bits per heavy atom. The Balaban J connectivity index is 3.45. The highest BCUT2D eigenvalue weighted by Crippen LogP contribution is 2.17. The Morgan fingerprint density at radius 1 is 0.400 bits per heavy atom. The van der Waals surface area contributed by atoms with Crippen molar-refractivity contribution in [3.05, 3.63) is 36.5 Å². The molecule has 0 rings (SSSR count). The number of unbranched alkanes of at least 4 members (excludes halogenated alkanes) is 43. The molecule has 0 spiro atoms. The van der Waals surface area contributed by atoms with Gasteiger partial charge in [-0.1, -0.05) is 294 Å². The summed E-state index contributed by atoms with van der Waals surface area (Å²) in [6.45, 7) is 4.88. The number of ether oxygens (including phenoxy) is 1. The van der Waals surface area contributed by atoms with Gasteiger partial charge in [-0.2, -0.15) is 0 Å². The van der Waals surface area contributed by atoms with Crippen LogP contribution < -0.4 is 5.32 Å². The molecule has 0 aromatic heterocycles. The third-order valence-corrected chi connectivity index (χ3v) is 14.4. The van der Waals surface area contributed by atoms with E-state index in [1.807, 2.05) is 6.08 Å². The molecule has 70 heavy (non-hydrogen) atoms. The smallest absolute Gasteiger partial charge is 0.305 e. The molecule has 0 aliphatic carbocycles. The van der Waals surface area contributed by atoms with Gasteiger partial charge in [0.15, 0.2) is 0 Å². The Bertz CT molecular complexity index is 1130. The number of amides is 1. The van der Waals surface area contributed by atoms with Crippen LogP contribution in [-0.4, -0.2) is 47.4 Å². The van der Waals surface area contributed by atoms with E-state index in [0.717, 1.165) is 57.8 Å². The topological polar surface area (TPSA) is 95.9 Å². The summed E-state index contributed by atoms with van der Waals surface area (Å²) in [6, 6.07) is -0.635. The largest absolute Gasteiger partial charge is 0.466 e. The first-order valence-corrected chi connectivity index (χ1v) is 31.3. The van der Waals surface area contributed by atoms with Crippen LogP contribution in [0.1, 0.15) is 335 Å². The van der Waals surface area contributed by atoms with Crippen LogP contribution in [0.2, 0.25) is 0 Å². The molecule has 0 heterocycles. The molecule has 3 N–H and O–H groups in total. The summed E-state index contributed by atoms with van der Waals surface area (Å²) in [4.78, 5) is 24.6. The second-order valence-electron chi connectivity index (χ2n) is 21.4. The van der Waals surface area contributed by atoms with Crippen LogP contribution in [0.4, 0.5) is 0 Å². The van der Waals surface area contributed by atoms with E-state index < -0.39 is 12.1 Å². The van der Waals surface area contributed by atoms with Crippen LogP contribution in [-0.2, 0) is 14.3 Å². The number of allylic oxidation sites excluding steroid dienone is 5. The summed E-state index contributed by atoms with van der Waals surface area (Å²) in [6.07, 6.45) is 74.6. The van der Waals surface area contributed by atoms with Gasteiger partial charge in [-0.3, -0.25) is 9.59 Å². The molecule has 2 atom stereocenters. The summed E-state index contributed by atoms with van der Waals surface area (Å²) in [5.74, 6) is -0.0778. The maximum Gasteiger partial charge on any atom is 0.305 e. The summed E-state index contributed by atoms with van der Waals surface area (Å²) in [5.41, 5.74) is 0. The van der Waals surface area contributed by atoms with Gasteiger partial charge in [-0.05, 0) is 64.2 Å². The Morgan fingerprint density at radius 3 is 1.11 bits per heavy atom. The van der Waals surface area contributed by atoms with Gasteiger partial charge in [0.05, 0.1) is 25.4 Å². The number of rotatable bonds is 58. The Hall–Kier alpha value is -1.92. The molecule has 0 saturated heterocycles. The first kappa shape index (κ1) is 68.1. The third kappa shape index (κ3) is 55.4. The minimum atomic E-state index is -0.851. The van der Waals surface area contributed by atoms with Gasteiger partial charge in [0.1, 0.15) is 0 Å². The molecule has 0 saturated carbocycles. The number of carbonyl (C=O) groups is 2. The fourth-order valence-corrected chi connectivity index (χ4v) is 9.61. The van der Waals surface area contributed by atoms with Crippen LogP contribution >= 0.6 is 0 Å². The lowest BCUT2D eigenvalue weighted by molar-refractivity contribution is -0.143. The van der Waals surface area contributed by atoms with Crippen LogP contribution in [0.25, 0.3) is 0 Å². The van der Waals surface area contributed by atoms with Crippen molar-refractivity contribution >= 4 is 11.9 Å². The average molecular weight is 985 g/mol. The highest BCUT2D eigenvalue weighted by atomic mass is 16.5. The van der Waals surface area contributed by atoms with Gasteiger partial charge in [-0.25, -0.2) is 0 Å². The van der Waals surface area contributed by atoms with E-state index in [9.17, 15) is 19.8 Å². The normalized spacial score (nSPS) is 12.8. The molecule has 0 radical (unpaired) electrons. The molecular weight excluding hydrogens is 863 g/mol. The highest BCUT2D eigenvalue weighted by Gasteiger charge is 2.18. The van der Waals surface area contributed by atoms with Crippen LogP contribution in [0.3, 0.4) is 0 Å². The van der Waals surface area contributed by atoms with Gasteiger partial charge < -0.3 is 20.3 Å². The molecule has 0 bridgehead atoms. The summed E-state index contributed by atoms with van der Waals surface area (Å²) in [7, 11) is 0. The van der Waals surface area contributed by atoms with Gasteiger partial charge >= 0.3 is 5.97 Å². The first-order valence-electron chi connectivity index (χ1n) is 31.3. The van der Waals surface area contributed by atoms with E-state index in [-0.39, 0.29) is 18.5 Å². The van der Waals surface area contributed by atoms with Gasteiger partial charge in [0.25, 0.3) is 0 Å². The molecule has 2 unspecified atom stereocenters. The number of aliphatic hydroxyl groups is 2. The standard InChI is InChI=1S/C64H121NO5/c1-3-5-7-9-11-13-15-17-19-21-22-23-25-28-32-36-40-44-48-52-56-62(67)61(60-66)65-63(68)57-53-49-45-41-37-33-29-26-27-31-35-39-43-47-51-55-59-70-64(69)58-54-50-46-42-38-34-30-24-20-18-16-14-12-10-8-6-4-2/h12,14,18,20,52,56,61-62,66-67H,3-11,13,15-17,19,21-51,53-55,57-60H2,1-2H3,(H,65,68)/b14-12-,20-18-,56-52+. The predicted octanol–water partition coefficient (Wildman–Crippen LogP) is 19.6. The fourth-order valence-electron chi connectivity index (χ4n) is 9.61. The van der Waals surface area contributed by atoms with Gasteiger partial charge in [0, 0.05) is 12.8 Å².